The fourth-order valence-corrected chi connectivity index (χ4v) is 4.65. The average molecular weight is 330 g/mol. The van der Waals surface area contributed by atoms with Gasteiger partial charge in [-0.1, -0.05) is 0 Å². The van der Waals surface area contributed by atoms with Crippen LogP contribution in [0.15, 0.2) is 29.4 Å². The molecule has 1 saturated carbocycles. The first-order valence-corrected chi connectivity index (χ1v) is 9.08. The van der Waals surface area contributed by atoms with Crippen LogP contribution in [0.4, 0.5) is 0 Å². The smallest absolute Gasteiger partial charge is 0.252 e. The Morgan fingerprint density at radius 2 is 2.39 bits per heavy atom. The lowest BCUT2D eigenvalue weighted by atomic mass is 9.65. The molecule has 0 radical (unpaired) electrons. The largest absolute Gasteiger partial charge is 0.349 e. The minimum absolute atomic E-state index is 0.0795. The maximum Gasteiger partial charge on any atom is 0.252 e. The highest BCUT2D eigenvalue weighted by Crippen LogP contribution is 2.48. The molecule has 0 bridgehead atoms. The van der Waals surface area contributed by atoms with Crippen LogP contribution in [0.1, 0.15) is 35.3 Å². The van der Waals surface area contributed by atoms with Gasteiger partial charge in [-0.05, 0) is 42.7 Å². The molecule has 4 rings (SSSR count). The van der Waals surface area contributed by atoms with E-state index in [1.54, 1.807) is 11.3 Å². The molecule has 0 atom stereocenters. The van der Waals surface area contributed by atoms with Gasteiger partial charge in [0.1, 0.15) is 0 Å². The van der Waals surface area contributed by atoms with Gasteiger partial charge >= 0.3 is 0 Å². The maximum atomic E-state index is 12.1. The normalized spacial score (nSPS) is 27.3. The molecule has 1 aliphatic carbocycles. The number of aromatic nitrogens is 2. The van der Waals surface area contributed by atoms with Crippen molar-refractivity contribution in [1.29, 1.82) is 0 Å². The fourth-order valence-electron chi connectivity index (χ4n) is 4.01. The summed E-state index contributed by atoms with van der Waals surface area (Å²) >= 11 is 1.57. The zero-order valence-electron chi connectivity index (χ0n) is 13.4. The second-order valence-electron chi connectivity index (χ2n) is 7.05. The lowest BCUT2D eigenvalue weighted by Gasteiger charge is -2.45. The van der Waals surface area contributed by atoms with Gasteiger partial charge in [0.05, 0.1) is 12.0 Å². The van der Waals surface area contributed by atoms with Crippen molar-refractivity contribution in [3.8, 4) is 0 Å². The number of carbonyl (C=O) groups excluding carboxylic acids is 1. The van der Waals surface area contributed by atoms with E-state index in [-0.39, 0.29) is 5.91 Å². The number of rotatable bonds is 4. The van der Waals surface area contributed by atoms with E-state index in [1.807, 2.05) is 36.4 Å². The molecule has 1 amide bonds. The Morgan fingerprint density at radius 3 is 3.09 bits per heavy atom. The number of carbonyl (C=O) groups is 1. The van der Waals surface area contributed by atoms with Crippen molar-refractivity contribution in [3.63, 3.8) is 0 Å². The van der Waals surface area contributed by atoms with Gasteiger partial charge in [0.25, 0.3) is 5.91 Å². The fraction of sp³-hybridized carbons (Fsp3) is 0.529. The van der Waals surface area contributed by atoms with Crippen LogP contribution in [0.5, 0.6) is 0 Å². The van der Waals surface area contributed by atoms with Gasteiger partial charge in [-0.3, -0.25) is 9.69 Å². The van der Waals surface area contributed by atoms with E-state index in [2.05, 4.69) is 19.8 Å². The number of amides is 1. The van der Waals surface area contributed by atoms with E-state index in [0.29, 0.717) is 11.5 Å². The number of aryl methyl sites for hydroxylation is 1. The quantitative estimate of drug-likeness (QED) is 0.935. The van der Waals surface area contributed by atoms with E-state index in [0.717, 1.165) is 38.0 Å². The molecule has 23 heavy (non-hydrogen) atoms. The Balaban J connectivity index is 1.28. The number of hydrogen-bond donors (Lipinski definition) is 1. The number of likely N-dealkylation sites (tertiary alicyclic amines) is 1. The molecule has 1 N–H and O–H groups in total. The second kappa shape index (κ2) is 5.76. The summed E-state index contributed by atoms with van der Waals surface area (Å²) in [7, 11) is 2.05. The van der Waals surface area contributed by atoms with Crippen LogP contribution in [0.25, 0.3) is 0 Å². The Hall–Kier alpha value is -1.66. The second-order valence-corrected chi connectivity index (χ2v) is 7.83. The molecule has 0 unspecified atom stereocenters. The van der Waals surface area contributed by atoms with Crippen molar-refractivity contribution in [2.24, 2.45) is 12.5 Å². The van der Waals surface area contributed by atoms with Crippen molar-refractivity contribution < 1.29 is 4.79 Å². The molecule has 6 heteroatoms. The van der Waals surface area contributed by atoms with Gasteiger partial charge < -0.3 is 9.88 Å². The van der Waals surface area contributed by atoms with Gasteiger partial charge in [-0.2, -0.15) is 11.3 Å². The molecule has 2 aromatic heterocycles. The summed E-state index contributed by atoms with van der Waals surface area (Å²) in [6.07, 6.45) is 7.29. The topological polar surface area (TPSA) is 50.2 Å². The van der Waals surface area contributed by atoms with Crippen LogP contribution in [-0.4, -0.2) is 39.5 Å². The number of nitrogens with zero attached hydrogens (tertiary/aromatic N) is 3. The first kappa shape index (κ1) is 14.9. The zero-order chi connectivity index (χ0) is 15.9. The molecule has 1 spiro atoms. The minimum atomic E-state index is 0.0795. The molecular weight excluding hydrogens is 308 g/mol. The number of hydrogen-bond acceptors (Lipinski definition) is 4. The Kier molecular flexibility index (Phi) is 3.73. The van der Waals surface area contributed by atoms with Crippen LogP contribution < -0.4 is 5.32 Å². The minimum Gasteiger partial charge on any atom is -0.349 e. The molecular formula is C17H22N4OS. The van der Waals surface area contributed by atoms with Crippen molar-refractivity contribution in [1.82, 2.24) is 19.8 Å². The van der Waals surface area contributed by atoms with E-state index in [4.69, 9.17) is 0 Å². The summed E-state index contributed by atoms with van der Waals surface area (Å²) in [6.45, 7) is 3.27. The van der Waals surface area contributed by atoms with Crippen LogP contribution in [-0.2, 0) is 13.6 Å². The molecule has 0 aromatic carbocycles. The van der Waals surface area contributed by atoms with Crippen LogP contribution in [0, 0.1) is 5.41 Å². The van der Waals surface area contributed by atoms with Crippen molar-refractivity contribution in [3.05, 3.63) is 40.6 Å². The van der Waals surface area contributed by atoms with Crippen molar-refractivity contribution >= 4 is 17.2 Å². The van der Waals surface area contributed by atoms with E-state index >= 15 is 0 Å². The lowest BCUT2D eigenvalue weighted by molar-refractivity contribution is 0.0693. The van der Waals surface area contributed by atoms with Crippen LogP contribution >= 0.6 is 11.3 Å². The van der Waals surface area contributed by atoms with Gasteiger partial charge in [0.15, 0.2) is 0 Å². The molecule has 122 valence electrons. The van der Waals surface area contributed by atoms with E-state index in [9.17, 15) is 4.79 Å². The molecule has 1 aliphatic heterocycles. The van der Waals surface area contributed by atoms with Crippen LogP contribution in [0.3, 0.4) is 0 Å². The molecule has 2 aliphatic rings. The molecule has 1 saturated heterocycles. The third-order valence-electron chi connectivity index (χ3n) is 5.30. The summed E-state index contributed by atoms with van der Waals surface area (Å²) in [5.41, 5.74) is 2.48. The lowest BCUT2D eigenvalue weighted by Crippen LogP contribution is -2.51. The monoisotopic (exact) mass is 330 g/mol. The summed E-state index contributed by atoms with van der Waals surface area (Å²) in [5, 5.41) is 7.04. The first-order chi connectivity index (χ1) is 11.1. The summed E-state index contributed by atoms with van der Waals surface area (Å²) < 4.78 is 2.09. The first-order valence-electron chi connectivity index (χ1n) is 8.14. The highest BCUT2D eigenvalue weighted by atomic mass is 32.1. The van der Waals surface area contributed by atoms with Gasteiger partial charge in [-0.15, -0.1) is 0 Å². The molecule has 5 nitrogen and oxygen atoms in total. The molecule has 2 aromatic rings. The number of thiophene rings is 1. The predicted octanol–water partition coefficient (Wildman–Crippen LogP) is 2.27. The van der Waals surface area contributed by atoms with Crippen molar-refractivity contribution in [2.45, 2.75) is 31.8 Å². The average Bonchev–Trinajstić information content (AvgIpc) is 3.21. The summed E-state index contributed by atoms with van der Waals surface area (Å²) in [5.74, 6) is 0.0795. The predicted molar refractivity (Wildman–Crippen MR) is 90.3 cm³/mol. The SMILES string of the molecule is Cn1cncc1CN1CCC2(CC(NC(=O)c3ccsc3)C2)C1. The van der Waals surface area contributed by atoms with Crippen LogP contribution in [0.2, 0.25) is 0 Å². The van der Waals surface area contributed by atoms with E-state index in [1.165, 1.54) is 12.1 Å². The molecule has 2 fully saturated rings. The highest BCUT2D eigenvalue weighted by Gasteiger charge is 2.48. The Bertz CT molecular complexity index is 687. The maximum absolute atomic E-state index is 12.1. The van der Waals surface area contributed by atoms with E-state index < -0.39 is 0 Å². The Labute approximate surface area is 140 Å². The highest BCUT2D eigenvalue weighted by molar-refractivity contribution is 7.08. The van der Waals surface area contributed by atoms with Crippen molar-refractivity contribution in [2.75, 3.05) is 13.1 Å². The number of imidazole rings is 1. The molecule has 3 heterocycles. The number of nitrogens with one attached hydrogen (secondary N) is 1. The standard InChI is InChI=1S/C17H22N4OS/c1-20-12-18-8-15(20)9-21-4-3-17(11-21)6-14(7-17)19-16(22)13-2-5-23-10-13/h2,5,8,10,12,14H,3-4,6-7,9,11H2,1H3,(H,19,22). The van der Waals surface area contributed by atoms with Gasteiger partial charge in [0, 0.05) is 43.3 Å². The zero-order valence-corrected chi connectivity index (χ0v) is 14.2. The third kappa shape index (κ3) is 2.93. The summed E-state index contributed by atoms with van der Waals surface area (Å²) in [4.78, 5) is 18.8. The Morgan fingerprint density at radius 1 is 1.52 bits per heavy atom. The summed E-state index contributed by atoms with van der Waals surface area (Å²) in [6, 6.07) is 2.23. The van der Waals surface area contributed by atoms with Gasteiger partial charge in [-0.25, -0.2) is 4.98 Å². The van der Waals surface area contributed by atoms with Gasteiger partial charge in [0.2, 0.25) is 0 Å². The third-order valence-corrected chi connectivity index (χ3v) is 5.98.